The zero-order valence-corrected chi connectivity index (χ0v) is 11.9. The minimum absolute atomic E-state index is 0.0158. The lowest BCUT2D eigenvalue weighted by atomic mass is 10.2. The molecule has 0 unspecified atom stereocenters. The predicted octanol–water partition coefficient (Wildman–Crippen LogP) is 0.314. The van der Waals surface area contributed by atoms with Gasteiger partial charge in [0.05, 0.1) is 20.2 Å². The number of esters is 1. The van der Waals surface area contributed by atoms with Crippen molar-refractivity contribution in [3.05, 3.63) is 29.8 Å². The van der Waals surface area contributed by atoms with Crippen molar-refractivity contribution in [2.75, 3.05) is 20.2 Å². The highest BCUT2D eigenvalue weighted by atomic mass is 32.2. The van der Waals surface area contributed by atoms with Crippen molar-refractivity contribution in [2.45, 2.75) is 11.4 Å². The topological polar surface area (TPSA) is 84.5 Å². The highest BCUT2D eigenvalue weighted by molar-refractivity contribution is 8.13. The summed E-state index contributed by atoms with van der Waals surface area (Å²) in [6.45, 7) is 0.543. The first-order valence-electron chi connectivity index (χ1n) is 5.90. The third-order valence-corrected chi connectivity index (χ3v) is 3.33. The maximum Gasteiger partial charge on any atom is 0.319 e. The molecule has 20 heavy (non-hydrogen) atoms. The minimum Gasteiger partial charge on any atom is -0.468 e. The molecule has 1 aromatic carbocycles. The maximum absolute atomic E-state index is 11.6. The summed E-state index contributed by atoms with van der Waals surface area (Å²) in [5, 5.41) is 5.11. The van der Waals surface area contributed by atoms with Crippen LogP contribution < -0.4 is 10.6 Å². The summed E-state index contributed by atoms with van der Waals surface area (Å²) >= 11 is 1.06. The second kappa shape index (κ2) is 9.11. The molecule has 1 rings (SSSR count). The molecule has 0 aliphatic rings. The third-order valence-electron chi connectivity index (χ3n) is 2.34. The summed E-state index contributed by atoms with van der Waals surface area (Å²) in [5.74, 6) is -0.346. The largest absolute Gasteiger partial charge is 0.468 e. The van der Waals surface area contributed by atoms with Crippen LogP contribution in [0, 0.1) is 0 Å². The van der Waals surface area contributed by atoms with Crippen LogP contribution in [0.4, 0.5) is 0 Å². The van der Waals surface area contributed by atoms with E-state index in [-0.39, 0.29) is 24.2 Å². The van der Waals surface area contributed by atoms with Crippen molar-refractivity contribution in [1.82, 2.24) is 10.6 Å². The fourth-order valence-corrected chi connectivity index (χ4v) is 2.22. The summed E-state index contributed by atoms with van der Waals surface area (Å²) in [7, 11) is 1.33. The van der Waals surface area contributed by atoms with Crippen molar-refractivity contribution in [1.29, 1.82) is 0 Å². The molecule has 0 saturated heterocycles. The van der Waals surface area contributed by atoms with Crippen LogP contribution in [-0.4, -0.2) is 37.7 Å². The van der Waals surface area contributed by atoms with Gasteiger partial charge in [-0.05, 0) is 23.4 Å². The molecule has 2 N–H and O–H groups in total. The molecule has 1 aromatic rings. The molecule has 0 bridgehead atoms. The highest BCUT2D eigenvalue weighted by Crippen LogP contribution is 2.22. The molecule has 0 fully saturated rings. The van der Waals surface area contributed by atoms with E-state index >= 15 is 0 Å². The minimum atomic E-state index is -0.346. The Balaban J connectivity index is 2.56. The molecule has 7 heteroatoms. The predicted molar refractivity (Wildman–Crippen MR) is 75.1 cm³/mol. The molecule has 0 spiro atoms. The van der Waals surface area contributed by atoms with Crippen LogP contribution in [0.15, 0.2) is 29.2 Å². The van der Waals surface area contributed by atoms with Crippen LogP contribution in [0.25, 0.3) is 0 Å². The first-order valence-corrected chi connectivity index (χ1v) is 6.72. The lowest BCUT2D eigenvalue weighted by molar-refractivity contribution is -0.139. The van der Waals surface area contributed by atoms with E-state index in [1.165, 1.54) is 7.11 Å². The number of thioether (sulfide) groups is 1. The van der Waals surface area contributed by atoms with E-state index in [1.807, 2.05) is 24.3 Å². The van der Waals surface area contributed by atoms with Gasteiger partial charge < -0.3 is 15.4 Å². The van der Waals surface area contributed by atoms with Crippen LogP contribution in [0.5, 0.6) is 0 Å². The van der Waals surface area contributed by atoms with Gasteiger partial charge in [-0.3, -0.25) is 14.4 Å². The summed E-state index contributed by atoms with van der Waals surface area (Å²) in [4.78, 5) is 33.5. The highest BCUT2D eigenvalue weighted by Gasteiger charge is 2.09. The third kappa shape index (κ3) is 5.85. The number of amides is 1. The zero-order valence-electron chi connectivity index (χ0n) is 11.0. The molecule has 0 saturated carbocycles. The number of rotatable bonds is 8. The van der Waals surface area contributed by atoms with Crippen LogP contribution in [0.1, 0.15) is 5.56 Å². The molecule has 0 atom stereocenters. The van der Waals surface area contributed by atoms with E-state index in [4.69, 9.17) is 0 Å². The van der Waals surface area contributed by atoms with E-state index in [0.717, 1.165) is 22.2 Å². The van der Waals surface area contributed by atoms with Gasteiger partial charge in [0.1, 0.15) is 0 Å². The Morgan fingerprint density at radius 1 is 1.30 bits per heavy atom. The molecule has 0 aliphatic carbocycles. The van der Waals surface area contributed by atoms with Gasteiger partial charge in [0.25, 0.3) is 0 Å². The lowest BCUT2D eigenvalue weighted by Gasteiger charge is -2.09. The first kappa shape index (κ1) is 16.2. The van der Waals surface area contributed by atoms with Gasteiger partial charge in [-0.2, -0.15) is 0 Å². The van der Waals surface area contributed by atoms with Crippen LogP contribution >= 0.6 is 11.8 Å². The summed E-state index contributed by atoms with van der Waals surface area (Å²) in [6, 6.07) is 7.37. The molecule has 1 amide bonds. The molecule has 0 radical (unpaired) electrons. The Kier molecular flexibility index (Phi) is 7.38. The molecular formula is C13H16N2O4S. The van der Waals surface area contributed by atoms with E-state index in [1.54, 1.807) is 0 Å². The Labute approximate surface area is 121 Å². The monoisotopic (exact) mass is 296 g/mol. The van der Waals surface area contributed by atoms with Gasteiger partial charge in [0.15, 0.2) is 0 Å². The SMILES string of the molecule is COC(=O)CNCc1ccccc1SC(=O)CNC=O. The van der Waals surface area contributed by atoms with E-state index in [0.29, 0.717) is 13.0 Å². The maximum atomic E-state index is 11.6. The number of hydrogen-bond acceptors (Lipinski definition) is 6. The number of methoxy groups -OCH3 is 1. The average Bonchev–Trinajstić information content (AvgIpc) is 2.46. The summed E-state index contributed by atoms with van der Waals surface area (Å²) in [6.07, 6.45) is 0.488. The van der Waals surface area contributed by atoms with Crippen LogP contribution in [-0.2, 0) is 25.7 Å². The second-order valence-electron chi connectivity index (χ2n) is 3.76. The standard InChI is InChI=1S/C13H16N2O4S/c1-19-12(17)7-14-6-10-4-2-3-5-11(10)20-13(18)8-15-9-16/h2-5,9,14H,6-8H2,1H3,(H,15,16). The average molecular weight is 296 g/mol. The van der Waals surface area contributed by atoms with Crippen molar-refractivity contribution in [3.8, 4) is 0 Å². The molecule has 6 nitrogen and oxygen atoms in total. The van der Waals surface area contributed by atoms with E-state index in [9.17, 15) is 14.4 Å². The number of ether oxygens (including phenoxy) is 1. The number of nitrogens with one attached hydrogen (secondary N) is 2. The van der Waals surface area contributed by atoms with Crippen LogP contribution in [0.2, 0.25) is 0 Å². The van der Waals surface area contributed by atoms with Gasteiger partial charge in [-0.1, -0.05) is 18.2 Å². The van der Waals surface area contributed by atoms with Gasteiger partial charge >= 0.3 is 5.97 Å². The zero-order chi connectivity index (χ0) is 14.8. The number of carbonyl (C=O) groups is 3. The van der Waals surface area contributed by atoms with Crippen molar-refractivity contribution < 1.29 is 19.1 Å². The molecule has 0 aromatic heterocycles. The molecule has 108 valence electrons. The van der Waals surface area contributed by atoms with Crippen molar-refractivity contribution >= 4 is 29.3 Å². The number of carbonyl (C=O) groups excluding carboxylic acids is 3. The fourth-order valence-electron chi connectivity index (χ4n) is 1.40. The Hall–Kier alpha value is -1.86. The van der Waals surface area contributed by atoms with Gasteiger partial charge in [0.2, 0.25) is 11.5 Å². The molecular weight excluding hydrogens is 280 g/mol. The van der Waals surface area contributed by atoms with E-state index < -0.39 is 0 Å². The van der Waals surface area contributed by atoms with Gasteiger partial charge in [0, 0.05) is 11.4 Å². The Morgan fingerprint density at radius 2 is 2.05 bits per heavy atom. The number of hydrogen-bond donors (Lipinski definition) is 2. The van der Waals surface area contributed by atoms with Gasteiger partial charge in [-0.15, -0.1) is 0 Å². The molecule has 0 aliphatic heterocycles. The fraction of sp³-hybridized carbons (Fsp3) is 0.308. The van der Waals surface area contributed by atoms with E-state index in [2.05, 4.69) is 15.4 Å². The lowest BCUT2D eigenvalue weighted by Crippen LogP contribution is -2.23. The quantitative estimate of drug-likeness (QED) is 0.408. The van der Waals surface area contributed by atoms with Crippen LogP contribution in [0.3, 0.4) is 0 Å². The molecule has 0 heterocycles. The van der Waals surface area contributed by atoms with Crippen molar-refractivity contribution in [3.63, 3.8) is 0 Å². The van der Waals surface area contributed by atoms with Crippen molar-refractivity contribution in [2.24, 2.45) is 0 Å². The Morgan fingerprint density at radius 3 is 2.75 bits per heavy atom. The van der Waals surface area contributed by atoms with Gasteiger partial charge in [-0.25, -0.2) is 0 Å². The Bertz CT molecular complexity index is 479. The second-order valence-corrected chi connectivity index (χ2v) is 4.86. The summed E-state index contributed by atoms with van der Waals surface area (Å²) < 4.78 is 4.53. The normalized spacial score (nSPS) is 9.85. The summed E-state index contributed by atoms with van der Waals surface area (Å²) in [5.41, 5.74) is 0.904. The first-order chi connectivity index (χ1) is 9.67. The number of benzene rings is 1. The smallest absolute Gasteiger partial charge is 0.319 e.